The minimum atomic E-state index is 0.518. The largest absolute Gasteiger partial charge is 0.493 e. The molecule has 2 aromatic rings. The van der Waals surface area contributed by atoms with E-state index in [0.29, 0.717) is 29.3 Å². The fraction of sp³-hybridized carbons (Fsp3) is 0.500. The van der Waals surface area contributed by atoms with Crippen molar-refractivity contribution in [3.63, 3.8) is 0 Å². The number of aromatic nitrogens is 2. The Morgan fingerprint density at radius 2 is 2.14 bits per heavy atom. The molecule has 0 N–H and O–H groups in total. The maximum atomic E-state index is 5.45. The second kappa shape index (κ2) is 6.25. The Labute approximate surface area is 130 Å². The predicted octanol–water partition coefficient (Wildman–Crippen LogP) is 2.99. The van der Waals surface area contributed by atoms with Gasteiger partial charge in [0.1, 0.15) is 0 Å². The third-order valence-corrected chi connectivity index (χ3v) is 3.99. The molecule has 1 aromatic heterocycles. The summed E-state index contributed by atoms with van der Waals surface area (Å²) < 4.78 is 16.2. The molecule has 6 nitrogen and oxygen atoms in total. The summed E-state index contributed by atoms with van der Waals surface area (Å²) in [6, 6.07) is 6.20. The molecule has 0 radical (unpaired) electrons. The van der Waals surface area contributed by atoms with Gasteiger partial charge in [-0.25, -0.2) is 0 Å². The van der Waals surface area contributed by atoms with Crippen LogP contribution >= 0.6 is 0 Å². The fourth-order valence-electron chi connectivity index (χ4n) is 2.88. The molecule has 0 unspecified atom stereocenters. The third kappa shape index (κ3) is 2.73. The molecule has 0 saturated carbocycles. The Morgan fingerprint density at radius 3 is 2.86 bits per heavy atom. The SMILES string of the molecule is COc1cccc(-c2noc(N3CCC[C@H](C)C3)n2)c1OC. The fourth-order valence-corrected chi connectivity index (χ4v) is 2.88. The van der Waals surface area contributed by atoms with E-state index in [0.717, 1.165) is 25.1 Å². The average molecular weight is 303 g/mol. The van der Waals surface area contributed by atoms with Gasteiger partial charge in [0.15, 0.2) is 11.5 Å². The second-order valence-electron chi connectivity index (χ2n) is 5.64. The molecule has 6 heteroatoms. The van der Waals surface area contributed by atoms with Crippen molar-refractivity contribution in [1.29, 1.82) is 0 Å². The van der Waals surface area contributed by atoms with Gasteiger partial charge in [-0.1, -0.05) is 18.1 Å². The predicted molar refractivity (Wildman–Crippen MR) is 83.4 cm³/mol. The zero-order chi connectivity index (χ0) is 15.5. The van der Waals surface area contributed by atoms with Gasteiger partial charge in [-0.05, 0) is 30.9 Å². The van der Waals surface area contributed by atoms with Gasteiger partial charge in [0.25, 0.3) is 0 Å². The van der Waals surface area contributed by atoms with Gasteiger partial charge in [0.05, 0.1) is 19.8 Å². The van der Waals surface area contributed by atoms with Crippen LogP contribution in [0, 0.1) is 5.92 Å². The number of hydrogen-bond acceptors (Lipinski definition) is 6. The molecule has 118 valence electrons. The normalized spacial score (nSPS) is 18.3. The number of anilines is 1. The van der Waals surface area contributed by atoms with Gasteiger partial charge in [-0.15, -0.1) is 0 Å². The standard InChI is InChI=1S/C16H21N3O3/c1-11-6-5-9-19(10-11)16-17-15(18-22-16)12-7-4-8-13(20-2)14(12)21-3/h4,7-8,11H,5-6,9-10H2,1-3H3/t11-/m0/s1. The number of para-hydroxylation sites is 1. The van der Waals surface area contributed by atoms with Crippen LogP contribution in [0.3, 0.4) is 0 Å². The van der Waals surface area contributed by atoms with Crippen molar-refractivity contribution < 1.29 is 14.0 Å². The van der Waals surface area contributed by atoms with Crippen LogP contribution in [0.15, 0.2) is 22.7 Å². The van der Waals surface area contributed by atoms with E-state index >= 15 is 0 Å². The van der Waals surface area contributed by atoms with Crippen LogP contribution in [0.25, 0.3) is 11.4 Å². The smallest absolute Gasteiger partial charge is 0.324 e. The number of ether oxygens (including phenoxy) is 2. The summed E-state index contributed by atoms with van der Waals surface area (Å²) in [6.07, 6.45) is 2.41. The molecule has 1 aliphatic rings. The van der Waals surface area contributed by atoms with Gasteiger partial charge in [-0.3, -0.25) is 0 Å². The zero-order valence-corrected chi connectivity index (χ0v) is 13.2. The van der Waals surface area contributed by atoms with Crippen LogP contribution in [-0.2, 0) is 0 Å². The number of methoxy groups -OCH3 is 2. The van der Waals surface area contributed by atoms with E-state index in [1.54, 1.807) is 14.2 Å². The molecule has 1 aliphatic heterocycles. The van der Waals surface area contributed by atoms with Gasteiger partial charge < -0.3 is 18.9 Å². The van der Waals surface area contributed by atoms with Crippen molar-refractivity contribution >= 4 is 6.01 Å². The summed E-state index contributed by atoms with van der Waals surface area (Å²) in [6.45, 7) is 4.16. The topological polar surface area (TPSA) is 60.6 Å². The number of hydrogen-bond donors (Lipinski definition) is 0. The second-order valence-corrected chi connectivity index (χ2v) is 5.64. The van der Waals surface area contributed by atoms with E-state index in [-0.39, 0.29) is 0 Å². The minimum absolute atomic E-state index is 0.518. The molecule has 1 aromatic carbocycles. The highest BCUT2D eigenvalue weighted by atomic mass is 16.5. The first-order chi connectivity index (χ1) is 10.7. The lowest BCUT2D eigenvalue weighted by Gasteiger charge is -2.28. The van der Waals surface area contributed by atoms with Crippen molar-refractivity contribution in [2.24, 2.45) is 5.92 Å². The molecular weight excluding hydrogens is 282 g/mol. The first-order valence-electron chi connectivity index (χ1n) is 7.53. The maximum Gasteiger partial charge on any atom is 0.324 e. The van der Waals surface area contributed by atoms with Crippen LogP contribution in [0.2, 0.25) is 0 Å². The highest BCUT2D eigenvalue weighted by molar-refractivity contribution is 5.69. The van der Waals surface area contributed by atoms with Crippen LogP contribution in [0.4, 0.5) is 6.01 Å². The molecule has 0 spiro atoms. The molecule has 1 atom stereocenters. The number of nitrogens with zero attached hydrogens (tertiary/aromatic N) is 3. The van der Waals surface area contributed by atoms with E-state index in [4.69, 9.17) is 14.0 Å². The molecule has 0 aliphatic carbocycles. The minimum Gasteiger partial charge on any atom is -0.493 e. The average Bonchev–Trinajstić information content (AvgIpc) is 3.03. The van der Waals surface area contributed by atoms with Gasteiger partial charge in [-0.2, -0.15) is 4.98 Å². The molecule has 3 rings (SSSR count). The molecule has 0 bridgehead atoms. The molecular formula is C16H21N3O3. The Hall–Kier alpha value is -2.24. The highest BCUT2D eigenvalue weighted by Crippen LogP contribution is 2.37. The van der Waals surface area contributed by atoms with E-state index < -0.39 is 0 Å². The van der Waals surface area contributed by atoms with Crippen molar-refractivity contribution in [2.75, 3.05) is 32.2 Å². The number of benzene rings is 1. The van der Waals surface area contributed by atoms with Crippen LogP contribution in [-0.4, -0.2) is 37.4 Å². The molecule has 2 heterocycles. The lowest BCUT2D eigenvalue weighted by molar-refractivity contribution is 0.355. The van der Waals surface area contributed by atoms with E-state index in [1.165, 1.54) is 6.42 Å². The van der Waals surface area contributed by atoms with Crippen molar-refractivity contribution in [3.8, 4) is 22.9 Å². The summed E-state index contributed by atoms with van der Waals surface area (Å²) in [7, 11) is 3.22. The van der Waals surface area contributed by atoms with E-state index in [1.807, 2.05) is 18.2 Å². The van der Waals surface area contributed by atoms with E-state index in [9.17, 15) is 0 Å². The lowest BCUT2D eigenvalue weighted by atomic mass is 10.0. The third-order valence-electron chi connectivity index (χ3n) is 3.99. The summed E-state index contributed by atoms with van der Waals surface area (Å²) in [5.41, 5.74) is 0.766. The Morgan fingerprint density at radius 1 is 1.27 bits per heavy atom. The van der Waals surface area contributed by atoms with Gasteiger partial charge >= 0.3 is 6.01 Å². The number of piperidine rings is 1. The summed E-state index contributed by atoms with van der Waals surface area (Å²) in [5.74, 6) is 2.43. The lowest BCUT2D eigenvalue weighted by Crippen LogP contribution is -2.34. The van der Waals surface area contributed by atoms with Crippen LogP contribution in [0.1, 0.15) is 19.8 Å². The van der Waals surface area contributed by atoms with Gasteiger partial charge in [0.2, 0.25) is 5.82 Å². The Bertz CT molecular complexity index is 641. The first kappa shape index (κ1) is 14.7. The van der Waals surface area contributed by atoms with E-state index in [2.05, 4.69) is 22.0 Å². The number of rotatable bonds is 4. The summed E-state index contributed by atoms with van der Waals surface area (Å²) in [4.78, 5) is 6.69. The molecule has 1 fully saturated rings. The summed E-state index contributed by atoms with van der Waals surface area (Å²) >= 11 is 0. The summed E-state index contributed by atoms with van der Waals surface area (Å²) in [5, 5.41) is 4.11. The van der Waals surface area contributed by atoms with Crippen molar-refractivity contribution in [3.05, 3.63) is 18.2 Å². The highest BCUT2D eigenvalue weighted by Gasteiger charge is 2.23. The van der Waals surface area contributed by atoms with Crippen LogP contribution in [0.5, 0.6) is 11.5 Å². The zero-order valence-electron chi connectivity index (χ0n) is 13.2. The monoisotopic (exact) mass is 303 g/mol. The first-order valence-corrected chi connectivity index (χ1v) is 7.53. The van der Waals surface area contributed by atoms with Crippen LogP contribution < -0.4 is 14.4 Å². The van der Waals surface area contributed by atoms with Crippen molar-refractivity contribution in [1.82, 2.24) is 10.1 Å². The molecule has 1 saturated heterocycles. The van der Waals surface area contributed by atoms with Gasteiger partial charge in [0, 0.05) is 13.1 Å². The quantitative estimate of drug-likeness (QED) is 0.865. The Kier molecular flexibility index (Phi) is 4.18. The molecule has 0 amide bonds. The maximum absolute atomic E-state index is 5.45. The molecule has 22 heavy (non-hydrogen) atoms. The van der Waals surface area contributed by atoms with Crippen molar-refractivity contribution in [2.45, 2.75) is 19.8 Å². The Balaban J connectivity index is 1.91.